The number of hydrogen-bond acceptors (Lipinski definition) is 8. The number of anilines is 2. The zero-order valence-corrected chi connectivity index (χ0v) is 24.2. The normalized spacial score (nSPS) is 11.2. The summed E-state index contributed by atoms with van der Waals surface area (Å²) in [6.07, 6.45) is 7.53. The van der Waals surface area contributed by atoms with Gasteiger partial charge in [0.15, 0.2) is 0 Å². The van der Waals surface area contributed by atoms with E-state index in [2.05, 4.69) is 87.8 Å². The van der Waals surface area contributed by atoms with Gasteiger partial charge in [-0.15, -0.1) is 11.3 Å². The minimum absolute atomic E-state index is 0.130. The summed E-state index contributed by atoms with van der Waals surface area (Å²) in [7, 11) is 0. The van der Waals surface area contributed by atoms with Gasteiger partial charge in [0.2, 0.25) is 0 Å². The van der Waals surface area contributed by atoms with Gasteiger partial charge in [-0.2, -0.15) is 0 Å². The van der Waals surface area contributed by atoms with Crippen LogP contribution in [0.4, 0.5) is 11.4 Å². The van der Waals surface area contributed by atoms with Gasteiger partial charge < -0.3 is 25.8 Å². The quantitative estimate of drug-likeness (QED) is 0.114. The molecule has 0 aliphatic rings. The third kappa shape index (κ3) is 7.89. The number of aromatic nitrogens is 2. The lowest BCUT2D eigenvalue weighted by Crippen LogP contribution is -2.20. The van der Waals surface area contributed by atoms with E-state index in [0.29, 0.717) is 19.7 Å². The van der Waals surface area contributed by atoms with Crippen molar-refractivity contribution in [2.75, 3.05) is 38.2 Å². The van der Waals surface area contributed by atoms with E-state index < -0.39 is 0 Å². The molecule has 3 heterocycles. The first-order valence-corrected chi connectivity index (χ1v) is 15.0. The van der Waals surface area contributed by atoms with Crippen LogP contribution in [0, 0.1) is 6.92 Å². The number of hydrogen-bond donors (Lipinski definition) is 4. The molecule has 0 radical (unpaired) electrons. The highest BCUT2D eigenvalue weighted by atomic mass is 32.1. The maximum absolute atomic E-state index is 8.99. The van der Waals surface area contributed by atoms with Crippen molar-refractivity contribution in [2.45, 2.75) is 26.3 Å². The van der Waals surface area contributed by atoms with Crippen LogP contribution in [0.25, 0.3) is 21.3 Å². The number of aliphatic hydroxyl groups is 1. The Labute approximate surface area is 245 Å². The van der Waals surface area contributed by atoms with Crippen LogP contribution in [0.15, 0.2) is 84.6 Å². The second-order valence-corrected chi connectivity index (χ2v) is 10.8. The summed E-state index contributed by atoms with van der Waals surface area (Å²) >= 11 is 1.68. The van der Waals surface area contributed by atoms with Crippen LogP contribution in [-0.2, 0) is 13.0 Å². The highest BCUT2D eigenvalue weighted by Gasteiger charge is 2.11. The monoisotopic (exact) mass is 567 g/mol. The van der Waals surface area contributed by atoms with Crippen LogP contribution in [-0.4, -0.2) is 47.9 Å². The predicted molar refractivity (Wildman–Crippen MR) is 169 cm³/mol. The number of benzene rings is 2. The van der Waals surface area contributed by atoms with Crippen LogP contribution in [0.2, 0.25) is 0 Å². The third-order valence-electron chi connectivity index (χ3n) is 6.94. The van der Waals surface area contributed by atoms with E-state index in [1.807, 2.05) is 24.7 Å². The second-order valence-electron chi connectivity index (χ2n) is 9.93. The fourth-order valence-corrected chi connectivity index (χ4v) is 5.64. The third-order valence-corrected chi connectivity index (χ3v) is 7.86. The Bertz CT molecular complexity index is 1540. The number of thiophene rings is 1. The van der Waals surface area contributed by atoms with Gasteiger partial charge in [0, 0.05) is 42.7 Å². The SMILES string of the molecule is Cc1c(Nc2csc3cc(CNCCO)cnc23)cccc1-c1cccc(OCCCNCCc2ccncc2)c1. The van der Waals surface area contributed by atoms with Gasteiger partial charge in [-0.25, -0.2) is 0 Å². The Morgan fingerprint density at radius 2 is 1.78 bits per heavy atom. The molecule has 7 nitrogen and oxygen atoms in total. The van der Waals surface area contributed by atoms with E-state index in [-0.39, 0.29) is 6.61 Å². The molecule has 0 aliphatic heterocycles. The molecule has 0 saturated heterocycles. The highest BCUT2D eigenvalue weighted by Crippen LogP contribution is 2.35. The van der Waals surface area contributed by atoms with Gasteiger partial charge in [-0.05, 0) is 97.1 Å². The molecule has 0 amide bonds. The van der Waals surface area contributed by atoms with Crippen molar-refractivity contribution in [1.29, 1.82) is 0 Å². The number of fused-ring (bicyclic) bond motifs is 1. The first-order valence-electron chi connectivity index (χ1n) is 14.1. The second kappa shape index (κ2) is 14.7. The summed E-state index contributed by atoms with van der Waals surface area (Å²) in [6, 6.07) is 21.0. The molecule has 41 heavy (non-hydrogen) atoms. The topological polar surface area (TPSA) is 91.3 Å². The molecule has 212 valence electrons. The average molecular weight is 568 g/mol. The number of nitrogens with zero attached hydrogens (tertiary/aromatic N) is 2. The van der Waals surface area contributed by atoms with Crippen molar-refractivity contribution in [3.05, 3.63) is 101 Å². The van der Waals surface area contributed by atoms with Crippen molar-refractivity contribution in [3.63, 3.8) is 0 Å². The fraction of sp³-hybridized carbons (Fsp3) is 0.273. The Morgan fingerprint density at radius 3 is 2.66 bits per heavy atom. The average Bonchev–Trinajstić information content (AvgIpc) is 3.40. The van der Waals surface area contributed by atoms with Crippen molar-refractivity contribution < 1.29 is 9.84 Å². The van der Waals surface area contributed by atoms with Crippen molar-refractivity contribution in [2.24, 2.45) is 0 Å². The van der Waals surface area contributed by atoms with E-state index in [1.165, 1.54) is 16.7 Å². The summed E-state index contributed by atoms with van der Waals surface area (Å²) < 4.78 is 7.23. The van der Waals surface area contributed by atoms with Crippen LogP contribution in [0.5, 0.6) is 5.75 Å². The largest absolute Gasteiger partial charge is 0.494 e. The van der Waals surface area contributed by atoms with Gasteiger partial charge in [0.25, 0.3) is 0 Å². The molecule has 4 N–H and O–H groups in total. The van der Waals surface area contributed by atoms with Crippen LogP contribution in [0.1, 0.15) is 23.1 Å². The van der Waals surface area contributed by atoms with Gasteiger partial charge in [-0.1, -0.05) is 24.3 Å². The van der Waals surface area contributed by atoms with E-state index >= 15 is 0 Å². The first-order chi connectivity index (χ1) is 20.2. The number of nitrogens with one attached hydrogen (secondary N) is 3. The molecule has 0 atom stereocenters. The Morgan fingerprint density at radius 1 is 0.902 bits per heavy atom. The lowest BCUT2D eigenvalue weighted by molar-refractivity contribution is 0.292. The van der Waals surface area contributed by atoms with E-state index in [1.54, 1.807) is 11.3 Å². The Kier molecular flexibility index (Phi) is 10.3. The van der Waals surface area contributed by atoms with E-state index in [9.17, 15) is 0 Å². The van der Waals surface area contributed by atoms with Crippen molar-refractivity contribution in [1.82, 2.24) is 20.6 Å². The summed E-state index contributed by atoms with van der Waals surface area (Å²) in [5.74, 6) is 0.884. The summed E-state index contributed by atoms with van der Waals surface area (Å²) in [4.78, 5) is 8.79. The highest BCUT2D eigenvalue weighted by molar-refractivity contribution is 7.17. The fourth-order valence-electron chi connectivity index (χ4n) is 4.73. The molecular weight excluding hydrogens is 530 g/mol. The van der Waals surface area contributed by atoms with E-state index in [4.69, 9.17) is 14.8 Å². The molecular formula is C33H37N5O2S. The zero-order chi connectivity index (χ0) is 28.3. The standard InChI is InChI=1S/C33H37N5O2S/c1-24-29(27-5-2-6-28(20-27)40-18-4-12-34-13-9-25-10-14-35-15-11-25)7-3-8-30(24)38-31-23-41-32-19-26(21-36-16-17-39)22-37-33(31)32/h2-3,5-8,10-11,14-15,19-20,22-23,34,36,38-39H,4,9,12-13,16-18,21H2,1H3. The number of pyridine rings is 2. The van der Waals surface area contributed by atoms with E-state index in [0.717, 1.165) is 64.4 Å². The maximum Gasteiger partial charge on any atom is 0.119 e. The van der Waals surface area contributed by atoms with Gasteiger partial charge in [-0.3, -0.25) is 9.97 Å². The molecule has 0 saturated carbocycles. The lowest BCUT2D eigenvalue weighted by atomic mass is 9.99. The Hall–Kier alpha value is -3.82. The molecule has 0 spiro atoms. The summed E-state index contributed by atoms with van der Waals surface area (Å²) in [6.45, 7) is 6.09. The molecule has 0 bridgehead atoms. The molecule has 5 rings (SSSR count). The van der Waals surface area contributed by atoms with Crippen LogP contribution in [0.3, 0.4) is 0 Å². The molecule has 5 aromatic rings. The zero-order valence-electron chi connectivity index (χ0n) is 23.4. The molecule has 0 unspecified atom stereocenters. The van der Waals surface area contributed by atoms with Crippen LogP contribution >= 0.6 is 11.3 Å². The summed E-state index contributed by atoms with van der Waals surface area (Å²) in [5.41, 5.74) is 8.91. The minimum atomic E-state index is 0.130. The maximum atomic E-state index is 8.99. The molecule has 8 heteroatoms. The smallest absolute Gasteiger partial charge is 0.119 e. The molecule has 3 aromatic heterocycles. The first kappa shape index (κ1) is 28.7. The molecule has 2 aromatic carbocycles. The Balaban J connectivity index is 1.17. The lowest BCUT2D eigenvalue weighted by Gasteiger charge is -2.14. The minimum Gasteiger partial charge on any atom is -0.494 e. The number of aliphatic hydroxyl groups excluding tert-OH is 1. The van der Waals surface area contributed by atoms with Gasteiger partial charge in [0.1, 0.15) is 11.3 Å². The molecule has 0 fully saturated rings. The predicted octanol–water partition coefficient (Wildman–Crippen LogP) is 6.09. The van der Waals surface area contributed by atoms with Gasteiger partial charge in [0.05, 0.1) is 23.6 Å². The van der Waals surface area contributed by atoms with Crippen molar-refractivity contribution in [3.8, 4) is 16.9 Å². The number of rotatable bonds is 15. The molecule has 0 aliphatic carbocycles. The van der Waals surface area contributed by atoms with Crippen molar-refractivity contribution >= 4 is 32.9 Å². The number of ether oxygens (including phenoxy) is 1. The summed E-state index contributed by atoms with van der Waals surface area (Å²) in [5, 5.41) is 21.4. The van der Waals surface area contributed by atoms with Crippen LogP contribution < -0.4 is 20.7 Å². The van der Waals surface area contributed by atoms with Gasteiger partial charge >= 0.3 is 0 Å².